The highest BCUT2D eigenvalue weighted by atomic mass is 16.5. The summed E-state index contributed by atoms with van der Waals surface area (Å²) < 4.78 is 5.63. The van der Waals surface area contributed by atoms with Gasteiger partial charge in [-0.25, -0.2) is 0 Å². The minimum Gasteiger partial charge on any atom is -0.497 e. The van der Waals surface area contributed by atoms with E-state index in [1.165, 1.54) is 63.0 Å². The zero-order valence-corrected chi connectivity index (χ0v) is 19.2. The number of piperazine rings is 1. The average molecular weight is 387 g/mol. The van der Waals surface area contributed by atoms with Gasteiger partial charge in [0.25, 0.3) is 0 Å². The Balaban J connectivity index is 1.83. The highest BCUT2D eigenvalue weighted by Crippen LogP contribution is 2.53. The number of unbranched alkanes of at least 4 members (excludes halogenated alkanes) is 1. The van der Waals surface area contributed by atoms with Crippen LogP contribution in [-0.2, 0) is 0 Å². The van der Waals surface area contributed by atoms with Crippen molar-refractivity contribution >= 4 is 5.69 Å². The van der Waals surface area contributed by atoms with Crippen molar-refractivity contribution in [1.29, 1.82) is 0 Å². The van der Waals surface area contributed by atoms with E-state index >= 15 is 0 Å². The van der Waals surface area contributed by atoms with Crippen molar-refractivity contribution in [2.45, 2.75) is 72.6 Å². The molecule has 158 valence electrons. The molecule has 0 amide bonds. The average Bonchev–Trinajstić information content (AvgIpc) is 2.64. The first-order valence-electron chi connectivity index (χ1n) is 11.4. The van der Waals surface area contributed by atoms with Crippen LogP contribution in [0.2, 0.25) is 0 Å². The molecule has 0 atom stereocenters. The largest absolute Gasteiger partial charge is 0.497 e. The monoisotopic (exact) mass is 386 g/mol. The number of methoxy groups -OCH3 is 1. The van der Waals surface area contributed by atoms with Crippen molar-refractivity contribution < 1.29 is 4.74 Å². The Bertz CT molecular complexity index is 628. The normalized spacial score (nSPS) is 23.0. The lowest BCUT2D eigenvalue weighted by Crippen LogP contribution is -2.47. The van der Waals surface area contributed by atoms with Crippen molar-refractivity contribution in [3.8, 4) is 5.75 Å². The van der Waals surface area contributed by atoms with E-state index in [2.05, 4.69) is 62.6 Å². The second kappa shape index (κ2) is 8.65. The van der Waals surface area contributed by atoms with Gasteiger partial charge in [0.1, 0.15) is 5.75 Å². The Kier molecular flexibility index (Phi) is 6.64. The smallest absolute Gasteiger partial charge is 0.119 e. The highest BCUT2D eigenvalue weighted by molar-refractivity contribution is 5.58. The number of hydrogen-bond donors (Lipinski definition) is 0. The summed E-state index contributed by atoms with van der Waals surface area (Å²) >= 11 is 0. The van der Waals surface area contributed by atoms with E-state index in [9.17, 15) is 0 Å². The Hall–Kier alpha value is -1.22. The van der Waals surface area contributed by atoms with Crippen LogP contribution < -0.4 is 9.64 Å². The standard InChI is InChI=1S/C25H42N2O/c1-7-8-11-26-12-14-27(15-13-26)23-10-9-21(28-6)16-22(23)20-17-24(2,3)19-25(4,5)18-20/h9-10,16,20H,7-8,11-15,17-19H2,1-6H3. The zero-order chi connectivity index (χ0) is 20.4. The fourth-order valence-electron chi connectivity index (χ4n) is 5.93. The van der Waals surface area contributed by atoms with Gasteiger partial charge < -0.3 is 9.64 Å². The molecule has 0 unspecified atom stereocenters. The third-order valence-corrected chi connectivity index (χ3v) is 6.77. The molecule has 0 aromatic heterocycles. The first-order chi connectivity index (χ1) is 13.2. The van der Waals surface area contributed by atoms with E-state index in [4.69, 9.17) is 4.74 Å². The van der Waals surface area contributed by atoms with Crippen LogP contribution in [0.3, 0.4) is 0 Å². The van der Waals surface area contributed by atoms with E-state index in [-0.39, 0.29) is 0 Å². The maximum absolute atomic E-state index is 5.63. The number of benzene rings is 1. The van der Waals surface area contributed by atoms with Gasteiger partial charge in [0.15, 0.2) is 0 Å². The molecular weight excluding hydrogens is 344 g/mol. The Morgan fingerprint density at radius 2 is 1.64 bits per heavy atom. The molecule has 1 heterocycles. The molecule has 0 radical (unpaired) electrons. The topological polar surface area (TPSA) is 15.7 Å². The van der Waals surface area contributed by atoms with Crippen LogP contribution >= 0.6 is 0 Å². The second-order valence-corrected chi connectivity index (χ2v) is 10.7. The van der Waals surface area contributed by atoms with Gasteiger partial charge in [0.05, 0.1) is 7.11 Å². The molecule has 2 aliphatic rings. The summed E-state index contributed by atoms with van der Waals surface area (Å²) in [6.07, 6.45) is 6.46. The maximum Gasteiger partial charge on any atom is 0.119 e. The summed E-state index contributed by atoms with van der Waals surface area (Å²) in [5, 5.41) is 0. The van der Waals surface area contributed by atoms with Crippen LogP contribution in [0.5, 0.6) is 5.75 Å². The minimum absolute atomic E-state index is 0.394. The van der Waals surface area contributed by atoms with Crippen molar-refractivity contribution in [2.24, 2.45) is 10.8 Å². The summed E-state index contributed by atoms with van der Waals surface area (Å²) in [6.45, 7) is 18.0. The van der Waals surface area contributed by atoms with Gasteiger partial charge in [-0.1, -0.05) is 41.0 Å². The van der Waals surface area contributed by atoms with Gasteiger partial charge in [0.2, 0.25) is 0 Å². The van der Waals surface area contributed by atoms with Crippen LogP contribution in [0.15, 0.2) is 18.2 Å². The third-order valence-electron chi connectivity index (χ3n) is 6.77. The van der Waals surface area contributed by atoms with Crippen molar-refractivity contribution in [2.75, 3.05) is 44.7 Å². The Morgan fingerprint density at radius 3 is 2.21 bits per heavy atom. The molecular formula is C25H42N2O. The van der Waals surface area contributed by atoms with Gasteiger partial charge in [-0.2, -0.15) is 0 Å². The number of hydrogen-bond acceptors (Lipinski definition) is 3. The number of ether oxygens (including phenoxy) is 1. The molecule has 1 aromatic rings. The molecule has 3 nitrogen and oxygen atoms in total. The van der Waals surface area contributed by atoms with E-state index in [1.807, 2.05) is 0 Å². The quantitative estimate of drug-likeness (QED) is 0.602. The van der Waals surface area contributed by atoms with Crippen LogP contribution in [0, 0.1) is 10.8 Å². The van der Waals surface area contributed by atoms with Crippen LogP contribution in [0.1, 0.15) is 78.2 Å². The fourth-order valence-corrected chi connectivity index (χ4v) is 5.93. The fraction of sp³-hybridized carbons (Fsp3) is 0.760. The van der Waals surface area contributed by atoms with Gasteiger partial charge in [-0.15, -0.1) is 0 Å². The second-order valence-electron chi connectivity index (χ2n) is 10.7. The first kappa shape index (κ1) is 21.5. The molecule has 0 N–H and O–H groups in total. The van der Waals surface area contributed by atoms with Gasteiger partial charge in [0, 0.05) is 31.9 Å². The molecule has 1 saturated heterocycles. The molecule has 1 aliphatic carbocycles. The molecule has 2 fully saturated rings. The minimum atomic E-state index is 0.394. The van der Waals surface area contributed by atoms with Crippen LogP contribution in [0.25, 0.3) is 0 Å². The molecule has 1 aliphatic heterocycles. The predicted molar refractivity (Wildman–Crippen MR) is 121 cm³/mol. The van der Waals surface area contributed by atoms with Gasteiger partial charge in [-0.3, -0.25) is 4.90 Å². The van der Waals surface area contributed by atoms with E-state index in [1.54, 1.807) is 7.11 Å². The third kappa shape index (κ3) is 5.23. The molecule has 1 aromatic carbocycles. The number of anilines is 1. The zero-order valence-electron chi connectivity index (χ0n) is 19.2. The molecule has 1 saturated carbocycles. The Morgan fingerprint density at radius 1 is 1.00 bits per heavy atom. The molecule has 3 heteroatoms. The van der Waals surface area contributed by atoms with Crippen molar-refractivity contribution in [3.05, 3.63) is 23.8 Å². The molecule has 3 rings (SSSR count). The SMILES string of the molecule is CCCCN1CCN(c2ccc(OC)cc2C2CC(C)(C)CC(C)(C)C2)CC1. The lowest BCUT2D eigenvalue weighted by Gasteiger charge is -2.46. The van der Waals surface area contributed by atoms with Gasteiger partial charge >= 0.3 is 0 Å². The summed E-state index contributed by atoms with van der Waals surface area (Å²) in [7, 11) is 1.79. The maximum atomic E-state index is 5.63. The van der Waals surface area contributed by atoms with E-state index < -0.39 is 0 Å². The van der Waals surface area contributed by atoms with Crippen molar-refractivity contribution in [1.82, 2.24) is 4.90 Å². The first-order valence-corrected chi connectivity index (χ1v) is 11.4. The molecule has 28 heavy (non-hydrogen) atoms. The summed E-state index contributed by atoms with van der Waals surface area (Å²) in [4.78, 5) is 5.27. The highest BCUT2D eigenvalue weighted by Gasteiger charge is 2.40. The number of nitrogens with zero attached hydrogens (tertiary/aromatic N) is 2. The molecule has 0 spiro atoms. The van der Waals surface area contributed by atoms with Gasteiger partial charge in [-0.05, 0) is 72.7 Å². The van der Waals surface area contributed by atoms with Crippen LogP contribution in [0.4, 0.5) is 5.69 Å². The lowest BCUT2D eigenvalue weighted by molar-refractivity contribution is 0.0969. The Labute approximate surface area is 173 Å². The van der Waals surface area contributed by atoms with Crippen molar-refractivity contribution in [3.63, 3.8) is 0 Å². The van der Waals surface area contributed by atoms with E-state index in [0.29, 0.717) is 16.7 Å². The van der Waals surface area contributed by atoms with Crippen LogP contribution in [-0.4, -0.2) is 44.7 Å². The van der Waals surface area contributed by atoms with E-state index in [0.717, 1.165) is 18.8 Å². The number of rotatable bonds is 6. The predicted octanol–water partition coefficient (Wildman–Crippen LogP) is 5.94. The summed E-state index contributed by atoms with van der Waals surface area (Å²) in [5.74, 6) is 1.61. The molecule has 0 bridgehead atoms. The summed E-state index contributed by atoms with van der Waals surface area (Å²) in [6, 6.07) is 6.81. The summed E-state index contributed by atoms with van der Waals surface area (Å²) in [5.41, 5.74) is 3.76. The lowest BCUT2D eigenvalue weighted by atomic mass is 9.60.